The summed E-state index contributed by atoms with van der Waals surface area (Å²) in [6, 6.07) is 21.6. The van der Waals surface area contributed by atoms with E-state index < -0.39 is 0 Å². The van der Waals surface area contributed by atoms with E-state index in [1.54, 1.807) is 16.9 Å². The van der Waals surface area contributed by atoms with Crippen LogP contribution in [0.5, 0.6) is 5.88 Å². The summed E-state index contributed by atoms with van der Waals surface area (Å²) in [5, 5.41) is 20.8. The molecule has 1 atom stereocenters. The summed E-state index contributed by atoms with van der Waals surface area (Å²) in [6.07, 6.45) is 6.32. The van der Waals surface area contributed by atoms with Crippen LogP contribution >= 0.6 is 11.6 Å². The Balaban J connectivity index is 0.000000421. The van der Waals surface area contributed by atoms with E-state index >= 15 is 0 Å². The number of halogens is 1. The van der Waals surface area contributed by atoms with Crippen LogP contribution in [-0.2, 0) is 13.5 Å². The largest absolute Gasteiger partial charge is 0.470 e. The van der Waals surface area contributed by atoms with Gasteiger partial charge >= 0.3 is 0 Å². The highest BCUT2D eigenvalue weighted by Gasteiger charge is 2.21. The molecule has 0 spiro atoms. The monoisotopic (exact) mass is 486 g/mol. The van der Waals surface area contributed by atoms with E-state index in [1.165, 1.54) is 0 Å². The third kappa shape index (κ3) is 6.82. The molecule has 7 nitrogen and oxygen atoms in total. The molecule has 5 rings (SSSR count). The molecular formula is C27H27ClN6O. The van der Waals surface area contributed by atoms with Gasteiger partial charge in [-0.3, -0.25) is 4.68 Å². The number of hydrogen-bond acceptors (Lipinski definition) is 6. The van der Waals surface area contributed by atoms with Crippen molar-refractivity contribution in [2.45, 2.75) is 12.5 Å². The van der Waals surface area contributed by atoms with Crippen molar-refractivity contribution in [3.63, 3.8) is 0 Å². The highest BCUT2D eigenvalue weighted by Crippen LogP contribution is 2.31. The van der Waals surface area contributed by atoms with Gasteiger partial charge in [-0.05, 0) is 36.7 Å². The number of nitrogens with zero attached hydrogens (tertiary/aromatic N) is 4. The lowest BCUT2D eigenvalue weighted by Crippen LogP contribution is -2.40. The van der Waals surface area contributed by atoms with E-state index in [1.807, 2.05) is 74.0 Å². The Labute approximate surface area is 210 Å². The number of aryl methyl sites for hydroxylation is 1. The number of ether oxygens (including phenoxy) is 1. The van der Waals surface area contributed by atoms with E-state index in [-0.39, 0.29) is 6.10 Å². The van der Waals surface area contributed by atoms with Crippen molar-refractivity contribution >= 4 is 17.3 Å². The number of nitriles is 1. The molecule has 1 unspecified atom stereocenters. The average molecular weight is 487 g/mol. The molecule has 2 aromatic heterocycles. The first-order chi connectivity index (χ1) is 17.1. The van der Waals surface area contributed by atoms with Crippen molar-refractivity contribution in [2.24, 2.45) is 7.05 Å². The number of hydrogen-bond donors (Lipinski definition) is 2. The summed E-state index contributed by atoms with van der Waals surface area (Å²) in [5.74, 6) is 0.611. The minimum Gasteiger partial charge on any atom is -0.470 e. The topological polar surface area (TPSA) is 87.8 Å². The lowest BCUT2D eigenvalue weighted by molar-refractivity contribution is 0.194. The third-order valence-corrected chi connectivity index (χ3v) is 5.73. The van der Waals surface area contributed by atoms with Gasteiger partial charge in [-0.25, -0.2) is 4.98 Å². The maximum absolute atomic E-state index is 9.22. The summed E-state index contributed by atoms with van der Waals surface area (Å²) >= 11 is 5.95. The molecule has 1 aliphatic rings. The van der Waals surface area contributed by atoms with Crippen LogP contribution in [0.1, 0.15) is 11.1 Å². The predicted molar refractivity (Wildman–Crippen MR) is 139 cm³/mol. The Bertz CT molecular complexity index is 1260. The van der Waals surface area contributed by atoms with E-state index in [2.05, 4.69) is 26.8 Å². The second-order valence-electron chi connectivity index (χ2n) is 8.12. The maximum atomic E-state index is 9.22. The van der Waals surface area contributed by atoms with Gasteiger partial charge in [0.25, 0.3) is 0 Å². The Hall–Kier alpha value is -3.86. The molecule has 178 valence electrons. The minimum absolute atomic E-state index is 0.0140. The third-order valence-electron chi connectivity index (χ3n) is 5.49. The first kappa shape index (κ1) is 24.3. The van der Waals surface area contributed by atoms with Gasteiger partial charge in [-0.2, -0.15) is 10.4 Å². The molecule has 2 aromatic carbocycles. The summed E-state index contributed by atoms with van der Waals surface area (Å²) < 4.78 is 7.78. The van der Waals surface area contributed by atoms with Gasteiger partial charge in [0.1, 0.15) is 6.10 Å². The predicted octanol–water partition coefficient (Wildman–Crippen LogP) is 4.70. The van der Waals surface area contributed by atoms with Gasteiger partial charge in [-0.15, -0.1) is 0 Å². The highest BCUT2D eigenvalue weighted by atomic mass is 35.5. The number of anilines is 1. The molecule has 2 N–H and O–H groups in total. The van der Waals surface area contributed by atoms with Crippen molar-refractivity contribution < 1.29 is 4.74 Å². The van der Waals surface area contributed by atoms with Crippen LogP contribution in [0.2, 0.25) is 5.02 Å². The van der Waals surface area contributed by atoms with Gasteiger partial charge in [0.15, 0.2) is 0 Å². The summed E-state index contributed by atoms with van der Waals surface area (Å²) in [4.78, 5) is 4.46. The van der Waals surface area contributed by atoms with Crippen LogP contribution in [0, 0.1) is 11.3 Å². The molecule has 0 fully saturated rings. The van der Waals surface area contributed by atoms with E-state index in [9.17, 15) is 5.26 Å². The summed E-state index contributed by atoms with van der Waals surface area (Å²) in [7, 11) is 1.89. The molecular weight excluding hydrogens is 460 g/mol. The molecule has 0 bridgehead atoms. The van der Waals surface area contributed by atoms with Crippen LogP contribution in [-0.4, -0.2) is 40.5 Å². The number of nitrogens with one attached hydrogen (secondary N) is 2. The molecule has 8 heteroatoms. The number of fused-ring (bicyclic) bond motifs is 1. The number of rotatable bonds is 6. The molecule has 0 amide bonds. The lowest BCUT2D eigenvalue weighted by atomic mass is 10.1. The molecule has 35 heavy (non-hydrogen) atoms. The SMILES string of the molecule is Cn1cc(-c2cnc3c(c2)NCC(CNCCc2ccc(Cl)cc2C#N)O3)cn1.c1ccccc1. The zero-order valence-corrected chi connectivity index (χ0v) is 20.2. The molecule has 3 heterocycles. The molecule has 0 radical (unpaired) electrons. The summed E-state index contributed by atoms with van der Waals surface area (Å²) in [5.41, 5.74) is 4.52. The molecule has 0 saturated heterocycles. The fourth-order valence-electron chi connectivity index (χ4n) is 3.68. The zero-order valence-electron chi connectivity index (χ0n) is 19.5. The Morgan fingerprint density at radius 3 is 2.60 bits per heavy atom. The van der Waals surface area contributed by atoms with Crippen molar-refractivity contribution in [1.29, 1.82) is 5.26 Å². The molecule has 4 aromatic rings. The van der Waals surface area contributed by atoms with Crippen molar-refractivity contribution in [1.82, 2.24) is 20.1 Å². The Morgan fingerprint density at radius 1 is 1.14 bits per heavy atom. The number of benzene rings is 2. The zero-order chi connectivity index (χ0) is 24.5. The van der Waals surface area contributed by atoms with Crippen LogP contribution in [0.25, 0.3) is 11.1 Å². The molecule has 0 saturated carbocycles. The number of pyridine rings is 1. The smallest absolute Gasteiger partial charge is 0.237 e. The van der Waals surface area contributed by atoms with Gasteiger partial charge in [0.2, 0.25) is 5.88 Å². The van der Waals surface area contributed by atoms with Crippen LogP contribution in [0.4, 0.5) is 5.69 Å². The average Bonchev–Trinajstić information content (AvgIpc) is 3.34. The lowest BCUT2D eigenvalue weighted by Gasteiger charge is -2.27. The molecule has 0 aliphatic carbocycles. The van der Waals surface area contributed by atoms with Gasteiger partial charge in [-0.1, -0.05) is 54.1 Å². The van der Waals surface area contributed by atoms with Crippen LogP contribution < -0.4 is 15.4 Å². The highest BCUT2D eigenvalue weighted by molar-refractivity contribution is 6.30. The maximum Gasteiger partial charge on any atom is 0.237 e. The van der Waals surface area contributed by atoms with Crippen LogP contribution in [0.3, 0.4) is 0 Å². The normalized spacial score (nSPS) is 13.9. The van der Waals surface area contributed by atoms with Crippen LogP contribution in [0.15, 0.2) is 79.3 Å². The van der Waals surface area contributed by atoms with Crippen molar-refractivity contribution in [3.8, 4) is 23.1 Å². The Kier molecular flexibility index (Phi) is 8.34. The quantitative estimate of drug-likeness (QED) is 0.384. The van der Waals surface area contributed by atoms with Crippen molar-refractivity contribution in [3.05, 3.63) is 95.4 Å². The van der Waals surface area contributed by atoms with Gasteiger partial charge < -0.3 is 15.4 Å². The minimum atomic E-state index is -0.0140. The van der Waals surface area contributed by atoms with E-state index in [4.69, 9.17) is 16.3 Å². The Morgan fingerprint density at radius 2 is 1.91 bits per heavy atom. The molecule has 1 aliphatic heterocycles. The van der Waals surface area contributed by atoms with E-state index in [0.29, 0.717) is 29.6 Å². The first-order valence-corrected chi connectivity index (χ1v) is 11.8. The summed E-state index contributed by atoms with van der Waals surface area (Å²) in [6.45, 7) is 2.13. The van der Waals surface area contributed by atoms with Gasteiger partial charge in [0, 0.05) is 42.1 Å². The number of aromatic nitrogens is 3. The van der Waals surface area contributed by atoms with E-state index in [0.717, 1.165) is 35.3 Å². The fraction of sp³-hybridized carbons (Fsp3) is 0.222. The van der Waals surface area contributed by atoms with Gasteiger partial charge in [0.05, 0.1) is 30.1 Å². The first-order valence-electron chi connectivity index (χ1n) is 11.4. The standard InChI is InChI=1S/C21H21ClN6O.C6H6/c1-28-13-17(10-27-28)16-7-20-21(26-9-16)29-19(12-25-20)11-24-5-4-14-2-3-18(22)6-15(14)8-23;1-2-4-6-5-3-1/h2-3,6-7,9-10,13,19,24-25H,4-5,11-12H2,1H3;1-6H. The fourth-order valence-corrected chi connectivity index (χ4v) is 3.85. The van der Waals surface area contributed by atoms with Crippen molar-refractivity contribution in [2.75, 3.05) is 25.0 Å². The second kappa shape index (κ2) is 12.0. The second-order valence-corrected chi connectivity index (χ2v) is 8.56.